The van der Waals surface area contributed by atoms with Gasteiger partial charge in [-0.15, -0.1) is 0 Å². The van der Waals surface area contributed by atoms with Crippen molar-refractivity contribution >= 4 is 60.9 Å². The summed E-state index contributed by atoms with van der Waals surface area (Å²) in [6, 6.07) is 25.7. The minimum Gasteiger partial charge on any atom is -0.456 e. The molecule has 0 fully saturated rings. The smallest absolute Gasteiger partial charge is 0.143 e. The van der Waals surface area contributed by atoms with E-state index in [0.717, 1.165) is 15.7 Å². The van der Waals surface area contributed by atoms with Gasteiger partial charge in [-0.1, -0.05) is 127 Å². The first-order chi connectivity index (χ1) is 30.3. The lowest BCUT2D eigenvalue weighted by molar-refractivity contribution is 0.669. The molecule has 0 N–H and O–H groups in total. The molecule has 0 amide bonds. The second-order valence-electron chi connectivity index (χ2n) is 12.0. The third-order valence-electron chi connectivity index (χ3n) is 8.91. The molecule has 8 aromatic carbocycles. The van der Waals surface area contributed by atoms with Gasteiger partial charge in [0.15, 0.2) is 0 Å². The zero-order chi connectivity index (χ0) is 44.2. The first-order valence-electron chi connectivity index (χ1n) is 22.3. The topological polar surface area (TPSA) is 29.5 Å². The SMILES string of the molecule is [2H]c1c([2H])c(N(c2c([2H])c([2H])c(-c3ccc4oc5ccccc5c4c3)c([2H])c2[2H])c2c([2H])c([2H])c(-c3cccc4c3oc3ccccc34)c([2H])c2[2H])c([2H])c([2H])c1-c1ccccc1. The van der Waals surface area contributed by atoms with Crippen LogP contribution in [0.25, 0.3) is 77.3 Å². The zero-order valence-corrected chi connectivity index (χ0v) is 26.7. The molecule has 3 nitrogen and oxygen atoms in total. The summed E-state index contributed by atoms with van der Waals surface area (Å²) >= 11 is 0. The number of hydrogen-bond acceptors (Lipinski definition) is 3. The highest BCUT2D eigenvalue weighted by molar-refractivity contribution is 6.09. The van der Waals surface area contributed by atoms with E-state index in [2.05, 4.69) is 0 Å². The van der Waals surface area contributed by atoms with Gasteiger partial charge in [-0.25, -0.2) is 0 Å². The molecule has 240 valence electrons. The Labute approximate surface area is 312 Å². The predicted octanol–water partition coefficient (Wildman–Crippen LogP) is 14.0. The van der Waals surface area contributed by atoms with Crippen molar-refractivity contribution in [2.75, 3.05) is 4.90 Å². The standard InChI is InChI=1S/C48H31NO2/c1-2-9-32(10-3-1)33-17-24-37(25-18-33)49(38-26-19-34(20-27-38)36-23-30-47-44(31-36)42-12-5-6-15-45(42)50-47)39-28-21-35(22-29-39)40-13-8-14-43-41-11-4-7-16-46(41)51-48(40)43/h1-31H/i17D,18D,19D,20D,21D,22D,24D,25D,26D,27D,28D,29D. The van der Waals surface area contributed by atoms with E-state index in [1.807, 2.05) is 42.5 Å². The number of para-hydroxylation sites is 3. The summed E-state index contributed by atoms with van der Waals surface area (Å²) < 4.78 is 125. The molecule has 0 aliphatic heterocycles. The van der Waals surface area contributed by atoms with Gasteiger partial charge < -0.3 is 13.7 Å². The molecule has 2 aromatic heterocycles. The molecule has 51 heavy (non-hydrogen) atoms. The number of nitrogens with zero attached hydrogens (tertiary/aromatic N) is 1. The van der Waals surface area contributed by atoms with E-state index in [1.165, 1.54) is 0 Å². The molecule has 10 rings (SSSR count). The predicted molar refractivity (Wildman–Crippen MR) is 212 cm³/mol. The number of fused-ring (bicyclic) bond motifs is 6. The molecular weight excluding hydrogens is 623 g/mol. The van der Waals surface area contributed by atoms with Gasteiger partial charge in [0, 0.05) is 44.2 Å². The molecule has 0 unspecified atom stereocenters. The fourth-order valence-electron chi connectivity index (χ4n) is 6.44. The van der Waals surface area contributed by atoms with E-state index in [-0.39, 0.29) is 22.3 Å². The summed E-state index contributed by atoms with van der Waals surface area (Å²) in [4.78, 5) is 0.819. The second kappa shape index (κ2) is 11.9. The van der Waals surface area contributed by atoms with Crippen LogP contribution in [0.5, 0.6) is 0 Å². The highest BCUT2D eigenvalue weighted by Gasteiger charge is 2.16. The Morgan fingerprint density at radius 3 is 1.53 bits per heavy atom. The van der Waals surface area contributed by atoms with Crippen molar-refractivity contribution in [1.29, 1.82) is 0 Å². The molecule has 0 bridgehead atoms. The van der Waals surface area contributed by atoms with Gasteiger partial charge in [-0.05, 0) is 88.3 Å². The maximum absolute atomic E-state index is 9.54. The average Bonchev–Trinajstić information content (AvgIpc) is 3.86. The Hall–Kier alpha value is -6.84. The van der Waals surface area contributed by atoms with Crippen LogP contribution >= 0.6 is 0 Å². The van der Waals surface area contributed by atoms with Gasteiger partial charge in [0.1, 0.15) is 22.3 Å². The molecule has 2 heterocycles. The van der Waals surface area contributed by atoms with Gasteiger partial charge >= 0.3 is 0 Å². The van der Waals surface area contributed by atoms with Crippen LogP contribution < -0.4 is 4.90 Å². The van der Waals surface area contributed by atoms with Crippen LogP contribution in [0.3, 0.4) is 0 Å². The van der Waals surface area contributed by atoms with Crippen molar-refractivity contribution in [3.63, 3.8) is 0 Å². The molecule has 0 radical (unpaired) electrons. The van der Waals surface area contributed by atoms with Crippen LogP contribution in [-0.2, 0) is 0 Å². The first kappa shape index (κ1) is 19.4. The summed E-state index contributed by atoms with van der Waals surface area (Å²) in [5.74, 6) is 0. The van der Waals surface area contributed by atoms with Crippen LogP contribution in [0.2, 0.25) is 0 Å². The number of benzene rings is 8. The summed E-state index contributed by atoms with van der Waals surface area (Å²) in [6.07, 6.45) is 0. The normalized spacial score (nSPS) is 14.8. The molecule has 0 atom stereocenters. The van der Waals surface area contributed by atoms with E-state index < -0.39 is 89.6 Å². The van der Waals surface area contributed by atoms with Crippen LogP contribution in [0, 0.1) is 0 Å². The lowest BCUT2D eigenvalue weighted by Crippen LogP contribution is -2.09. The third kappa shape index (κ3) is 5.06. The summed E-state index contributed by atoms with van der Waals surface area (Å²) in [6.45, 7) is 0. The van der Waals surface area contributed by atoms with Gasteiger partial charge in [-0.3, -0.25) is 0 Å². The van der Waals surface area contributed by atoms with Crippen molar-refractivity contribution in [1.82, 2.24) is 0 Å². The molecule has 0 saturated heterocycles. The van der Waals surface area contributed by atoms with Crippen molar-refractivity contribution in [3.8, 4) is 33.4 Å². The van der Waals surface area contributed by atoms with Crippen LogP contribution in [0.1, 0.15) is 16.4 Å². The fourth-order valence-corrected chi connectivity index (χ4v) is 6.44. The molecule has 0 aliphatic carbocycles. The van der Waals surface area contributed by atoms with Crippen molar-refractivity contribution < 1.29 is 25.3 Å². The van der Waals surface area contributed by atoms with E-state index in [0.29, 0.717) is 44.2 Å². The third-order valence-corrected chi connectivity index (χ3v) is 8.91. The number of furan rings is 2. The molecule has 0 spiro atoms. The van der Waals surface area contributed by atoms with Crippen molar-refractivity contribution in [3.05, 3.63) is 188 Å². The molecule has 0 aliphatic rings. The largest absolute Gasteiger partial charge is 0.456 e. The first-order valence-corrected chi connectivity index (χ1v) is 16.3. The lowest BCUT2D eigenvalue weighted by Gasteiger charge is -2.26. The second-order valence-corrected chi connectivity index (χ2v) is 12.0. The maximum Gasteiger partial charge on any atom is 0.143 e. The summed E-state index contributed by atoms with van der Waals surface area (Å²) in [5.41, 5.74) is 0.890. The van der Waals surface area contributed by atoms with E-state index in [1.54, 1.807) is 72.8 Å². The van der Waals surface area contributed by atoms with E-state index in [9.17, 15) is 13.7 Å². The van der Waals surface area contributed by atoms with Gasteiger partial charge in [0.2, 0.25) is 0 Å². The summed E-state index contributed by atoms with van der Waals surface area (Å²) in [5, 5.41) is 2.91. The van der Waals surface area contributed by atoms with Crippen molar-refractivity contribution in [2.24, 2.45) is 0 Å². The minimum atomic E-state index is -0.707. The van der Waals surface area contributed by atoms with E-state index >= 15 is 0 Å². The zero-order valence-electron chi connectivity index (χ0n) is 38.7. The van der Waals surface area contributed by atoms with Gasteiger partial charge in [0.05, 0.1) is 16.4 Å². The van der Waals surface area contributed by atoms with E-state index in [4.69, 9.17) is 11.6 Å². The van der Waals surface area contributed by atoms with Crippen molar-refractivity contribution in [2.45, 2.75) is 0 Å². The number of hydrogen-bond donors (Lipinski definition) is 0. The van der Waals surface area contributed by atoms with Gasteiger partial charge in [-0.2, -0.15) is 0 Å². The Kier molecular flexibility index (Phi) is 4.54. The minimum absolute atomic E-state index is 0.0554. The van der Waals surface area contributed by atoms with Crippen LogP contribution in [0.4, 0.5) is 17.1 Å². The van der Waals surface area contributed by atoms with Crippen LogP contribution in [-0.4, -0.2) is 0 Å². The highest BCUT2D eigenvalue weighted by atomic mass is 16.3. The number of rotatable bonds is 6. The Morgan fingerprint density at radius 2 is 0.863 bits per heavy atom. The Morgan fingerprint density at radius 1 is 0.353 bits per heavy atom. The van der Waals surface area contributed by atoms with Crippen LogP contribution in [0.15, 0.2) is 197 Å². The quantitative estimate of drug-likeness (QED) is 0.177. The monoisotopic (exact) mass is 665 g/mol. The fraction of sp³-hybridized carbons (Fsp3) is 0. The maximum atomic E-state index is 9.54. The Bertz CT molecular complexity index is 3480. The average molecular weight is 666 g/mol. The summed E-state index contributed by atoms with van der Waals surface area (Å²) in [7, 11) is 0. The molecule has 10 aromatic rings. The molecular formula is C48H31NO2. The molecule has 3 heteroatoms. The molecule has 0 saturated carbocycles. The lowest BCUT2D eigenvalue weighted by atomic mass is 10.0. The Balaban J connectivity index is 1.26. The van der Waals surface area contributed by atoms with Gasteiger partial charge in [0.25, 0.3) is 0 Å². The number of anilines is 3. The highest BCUT2D eigenvalue weighted by Crippen LogP contribution is 2.40.